The van der Waals surface area contributed by atoms with Crippen molar-refractivity contribution < 1.29 is 4.79 Å². The Morgan fingerprint density at radius 1 is 1.44 bits per heavy atom. The molecule has 0 unspecified atom stereocenters. The maximum Gasteiger partial charge on any atom is 0.241 e. The van der Waals surface area contributed by atoms with Crippen LogP contribution < -0.4 is 16.0 Å². The van der Waals surface area contributed by atoms with Crippen LogP contribution in [0.2, 0.25) is 0 Å². The quantitative estimate of drug-likeness (QED) is 0.517. The number of carbonyl (C=O) groups excluding carboxylic acids is 1. The number of benzene rings is 1. The summed E-state index contributed by atoms with van der Waals surface area (Å²) in [6.45, 7) is 1.97. The number of hydrogen-bond donors (Lipinski definition) is 3. The lowest BCUT2D eigenvalue weighted by molar-refractivity contribution is -0.120. The first kappa shape index (κ1) is 12.4. The minimum atomic E-state index is -0.114. The molecule has 1 saturated heterocycles. The maximum absolute atomic E-state index is 11.9. The molecule has 1 aromatic rings. The van der Waals surface area contributed by atoms with Crippen LogP contribution in [0, 0.1) is 5.41 Å². The zero-order valence-corrected chi connectivity index (χ0v) is 10.3. The summed E-state index contributed by atoms with van der Waals surface area (Å²) in [5, 5.41) is 9.91. The molecule has 6 heteroatoms. The van der Waals surface area contributed by atoms with Gasteiger partial charge >= 0.3 is 0 Å². The van der Waals surface area contributed by atoms with Crippen LogP contribution in [0.25, 0.3) is 0 Å². The van der Waals surface area contributed by atoms with Crippen LogP contribution in [0.4, 0.5) is 11.4 Å². The van der Waals surface area contributed by atoms with Gasteiger partial charge in [0.1, 0.15) is 0 Å². The second-order valence-electron chi connectivity index (χ2n) is 4.37. The molecule has 0 saturated carbocycles. The molecular weight excluding hydrogens is 230 g/mol. The molecule has 1 heterocycles. The van der Waals surface area contributed by atoms with Crippen molar-refractivity contribution in [2.24, 2.45) is 5.73 Å². The normalized spacial score (nSPS) is 16.7. The number of nitrogens with two attached hydrogens (primary N) is 1. The van der Waals surface area contributed by atoms with Crippen LogP contribution >= 0.6 is 0 Å². The van der Waals surface area contributed by atoms with E-state index < -0.39 is 0 Å². The van der Waals surface area contributed by atoms with Gasteiger partial charge in [-0.1, -0.05) is 6.07 Å². The number of nitrogens with one attached hydrogen (secondary N) is 2. The molecule has 1 aromatic carbocycles. The molecule has 0 aromatic heterocycles. The fourth-order valence-electron chi connectivity index (χ4n) is 1.97. The lowest BCUT2D eigenvalue weighted by Crippen LogP contribution is -2.48. The predicted molar refractivity (Wildman–Crippen MR) is 71.8 cm³/mol. The summed E-state index contributed by atoms with van der Waals surface area (Å²) in [5.74, 6) is -0.0272. The van der Waals surface area contributed by atoms with Crippen molar-refractivity contribution >= 4 is 23.2 Å². The van der Waals surface area contributed by atoms with Crippen molar-refractivity contribution in [3.63, 3.8) is 0 Å². The zero-order valence-electron chi connectivity index (χ0n) is 10.3. The third-order valence-corrected chi connectivity index (χ3v) is 2.85. The first-order chi connectivity index (χ1) is 8.56. The van der Waals surface area contributed by atoms with Gasteiger partial charge in [-0.25, -0.2) is 0 Å². The number of carbonyl (C=O) groups is 1. The van der Waals surface area contributed by atoms with E-state index in [1.807, 2.05) is 36.2 Å². The number of rotatable bonds is 2. The molecule has 2 rings (SSSR count). The van der Waals surface area contributed by atoms with Crippen LogP contribution in [-0.2, 0) is 4.79 Å². The molecule has 1 amide bonds. The van der Waals surface area contributed by atoms with E-state index in [9.17, 15) is 4.79 Å². The van der Waals surface area contributed by atoms with E-state index in [1.165, 1.54) is 0 Å². The summed E-state index contributed by atoms with van der Waals surface area (Å²) in [7, 11) is 1.93. The summed E-state index contributed by atoms with van der Waals surface area (Å²) >= 11 is 0. The lowest BCUT2D eigenvalue weighted by Gasteiger charge is -2.32. The smallest absolute Gasteiger partial charge is 0.241 e. The van der Waals surface area contributed by atoms with Crippen molar-refractivity contribution in [1.82, 2.24) is 4.90 Å². The van der Waals surface area contributed by atoms with Crippen LogP contribution in [-0.4, -0.2) is 43.4 Å². The Hall–Kier alpha value is -2.08. The fourth-order valence-corrected chi connectivity index (χ4v) is 1.97. The Morgan fingerprint density at radius 2 is 2.22 bits per heavy atom. The maximum atomic E-state index is 11.9. The highest BCUT2D eigenvalue weighted by Crippen LogP contribution is 2.21. The topological polar surface area (TPSA) is 85.4 Å². The monoisotopic (exact) mass is 247 g/mol. The average molecular weight is 247 g/mol. The molecule has 0 radical (unpaired) electrons. The van der Waals surface area contributed by atoms with Crippen molar-refractivity contribution in [3.8, 4) is 0 Å². The highest BCUT2D eigenvalue weighted by molar-refractivity contribution is 5.97. The van der Waals surface area contributed by atoms with Crippen molar-refractivity contribution in [3.05, 3.63) is 24.3 Å². The molecule has 18 heavy (non-hydrogen) atoms. The predicted octanol–water partition coefficient (Wildman–Crippen LogP) is 0.270. The van der Waals surface area contributed by atoms with E-state index in [-0.39, 0.29) is 11.9 Å². The van der Waals surface area contributed by atoms with Crippen LogP contribution in [0.1, 0.15) is 0 Å². The molecule has 6 nitrogen and oxygen atoms in total. The van der Waals surface area contributed by atoms with Crippen LogP contribution in [0.5, 0.6) is 0 Å². The molecule has 4 N–H and O–H groups in total. The largest absolute Gasteiger partial charge is 0.370 e. The van der Waals surface area contributed by atoms with E-state index in [4.69, 9.17) is 11.1 Å². The molecular formula is C12H17N5O. The van der Waals surface area contributed by atoms with Gasteiger partial charge in [0, 0.05) is 24.5 Å². The van der Waals surface area contributed by atoms with Crippen molar-refractivity contribution in [2.45, 2.75) is 0 Å². The molecule has 0 atom stereocenters. The highest BCUT2D eigenvalue weighted by atomic mass is 16.2. The van der Waals surface area contributed by atoms with Gasteiger partial charge in [0.05, 0.1) is 6.54 Å². The second-order valence-corrected chi connectivity index (χ2v) is 4.37. The minimum Gasteiger partial charge on any atom is -0.370 e. The summed E-state index contributed by atoms with van der Waals surface area (Å²) < 4.78 is 0. The number of anilines is 2. The SMILES string of the molecule is CN1CCN(c2cccc(NC(=N)N)c2)C(=O)C1. The number of guanidine groups is 1. The Kier molecular flexibility index (Phi) is 3.47. The molecule has 1 aliphatic heterocycles. The summed E-state index contributed by atoms with van der Waals surface area (Å²) in [5.41, 5.74) is 6.83. The standard InChI is InChI=1S/C12H17N5O/c1-16-5-6-17(11(18)8-16)10-4-2-3-9(7-10)15-12(13)14/h2-4,7H,5-6,8H2,1H3,(H4,13,14,15). The van der Waals surface area contributed by atoms with E-state index in [2.05, 4.69) is 5.32 Å². The number of amides is 1. The molecule has 0 aliphatic carbocycles. The molecule has 1 aliphatic rings. The third-order valence-electron chi connectivity index (χ3n) is 2.85. The minimum absolute atomic E-state index is 0.0868. The highest BCUT2D eigenvalue weighted by Gasteiger charge is 2.22. The van der Waals surface area contributed by atoms with Gasteiger partial charge in [-0.15, -0.1) is 0 Å². The zero-order chi connectivity index (χ0) is 13.1. The van der Waals surface area contributed by atoms with Gasteiger partial charge in [-0.2, -0.15) is 0 Å². The van der Waals surface area contributed by atoms with Crippen LogP contribution in [0.3, 0.4) is 0 Å². The van der Waals surface area contributed by atoms with E-state index in [1.54, 1.807) is 4.90 Å². The van der Waals surface area contributed by atoms with Gasteiger partial charge < -0.3 is 16.0 Å². The Balaban J connectivity index is 2.17. The molecule has 1 fully saturated rings. The van der Waals surface area contributed by atoms with Crippen molar-refractivity contribution in [1.29, 1.82) is 5.41 Å². The average Bonchev–Trinajstić information content (AvgIpc) is 2.28. The van der Waals surface area contributed by atoms with Gasteiger partial charge in [-0.3, -0.25) is 15.1 Å². The van der Waals surface area contributed by atoms with Crippen LogP contribution in [0.15, 0.2) is 24.3 Å². The summed E-state index contributed by atoms with van der Waals surface area (Å²) in [4.78, 5) is 15.7. The van der Waals surface area contributed by atoms with Gasteiger partial charge in [-0.05, 0) is 25.2 Å². The van der Waals surface area contributed by atoms with E-state index in [0.717, 1.165) is 12.2 Å². The van der Waals surface area contributed by atoms with Gasteiger partial charge in [0.25, 0.3) is 0 Å². The summed E-state index contributed by atoms with van der Waals surface area (Å²) in [6, 6.07) is 7.36. The number of nitrogens with zero attached hydrogens (tertiary/aromatic N) is 2. The molecule has 0 spiro atoms. The Morgan fingerprint density at radius 3 is 2.89 bits per heavy atom. The number of likely N-dealkylation sites (N-methyl/N-ethyl adjacent to an activating group) is 1. The second kappa shape index (κ2) is 5.05. The number of hydrogen-bond acceptors (Lipinski definition) is 3. The number of piperazine rings is 1. The Labute approximate surface area is 106 Å². The first-order valence-corrected chi connectivity index (χ1v) is 5.76. The third kappa shape index (κ3) is 2.78. The molecule has 96 valence electrons. The Bertz CT molecular complexity index is 473. The fraction of sp³-hybridized carbons (Fsp3) is 0.333. The lowest BCUT2D eigenvalue weighted by atomic mass is 10.2. The van der Waals surface area contributed by atoms with Gasteiger partial charge in [0.2, 0.25) is 5.91 Å². The van der Waals surface area contributed by atoms with E-state index in [0.29, 0.717) is 18.8 Å². The van der Waals surface area contributed by atoms with Crippen molar-refractivity contribution in [2.75, 3.05) is 36.9 Å². The summed E-state index contributed by atoms with van der Waals surface area (Å²) in [6.07, 6.45) is 0. The first-order valence-electron chi connectivity index (χ1n) is 5.76. The molecule has 0 bridgehead atoms. The van der Waals surface area contributed by atoms with E-state index >= 15 is 0 Å². The van der Waals surface area contributed by atoms with Gasteiger partial charge in [0.15, 0.2) is 5.96 Å².